The van der Waals surface area contributed by atoms with Crippen LogP contribution in [-0.4, -0.2) is 0 Å². The van der Waals surface area contributed by atoms with Crippen LogP contribution in [0.3, 0.4) is 0 Å². The molecular formula is C8H6Cl2FNPt. The van der Waals surface area contributed by atoms with Gasteiger partial charge in [-0.25, -0.2) is 4.39 Å². The summed E-state index contributed by atoms with van der Waals surface area (Å²) in [5, 5.41) is 8.24. The molecule has 0 heterocycles. The van der Waals surface area contributed by atoms with Crippen molar-refractivity contribution in [1.82, 2.24) is 0 Å². The van der Waals surface area contributed by atoms with Crippen LogP contribution in [0, 0.1) is 17.1 Å². The van der Waals surface area contributed by atoms with Crippen LogP contribution in [0.4, 0.5) is 4.39 Å². The second kappa shape index (κ2) is 8.50. The standard InChI is InChI=1S/C8H6FN.2ClH.Pt/c9-8-3-1-2-7(6-8)4-5-10;;;/h1-3,6H,4H2;2*1H;/q;;;+2/p-2. The Morgan fingerprint density at radius 1 is 1.46 bits per heavy atom. The second-order valence-electron chi connectivity index (χ2n) is 2.01. The van der Waals surface area contributed by atoms with Crippen molar-refractivity contribution in [2.24, 2.45) is 0 Å². The molecule has 0 aromatic heterocycles. The van der Waals surface area contributed by atoms with Gasteiger partial charge in [0.15, 0.2) is 0 Å². The molecule has 1 aromatic rings. The first-order valence-electron chi connectivity index (χ1n) is 3.18. The van der Waals surface area contributed by atoms with Crippen LogP contribution in [0.1, 0.15) is 5.56 Å². The molecule has 0 saturated carbocycles. The van der Waals surface area contributed by atoms with Gasteiger partial charge in [0.05, 0.1) is 12.5 Å². The van der Waals surface area contributed by atoms with Crippen LogP contribution < -0.4 is 0 Å². The maximum absolute atomic E-state index is 12.4. The summed E-state index contributed by atoms with van der Waals surface area (Å²) in [4.78, 5) is 0. The number of benzene rings is 1. The molecule has 1 aromatic carbocycles. The van der Waals surface area contributed by atoms with E-state index < -0.39 is 16.5 Å². The fraction of sp³-hybridized carbons (Fsp3) is 0.125. The first-order chi connectivity index (χ1) is 6.24. The molecule has 0 fully saturated rings. The van der Waals surface area contributed by atoms with Gasteiger partial charge in [-0.1, -0.05) is 12.1 Å². The molecule has 0 N–H and O–H groups in total. The summed E-state index contributed by atoms with van der Waals surface area (Å²) < 4.78 is 12.4. The second-order valence-corrected chi connectivity index (χ2v) is 5.29. The average Bonchev–Trinajstić information content (AvgIpc) is 2.06. The summed E-state index contributed by atoms with van der Waals surface area (Å²) in [5.41, 5.74) is 0.725. The summed E-state index contributed by atoms with van der Waals surface area (Å²) in [6, 6.07) is 8.00. The molecule has 0 radical (unpaired) electrons. The third kappa shape index (κ3) is 7.02. The molecule has 0 spiro atoms. The van der Waals surface area contributed by atoms with Crippen molar-refractivity contribution in [1.29, 1.82) is 5.26 Å². The van der Waals surface area contributed by atoms with Crippen LogP contribution in [0.2, 0.25) is 0 Å². The van der Waals surface area contributed by atoms with Gasteiger partial charge in [-0.3, -0.25) is 0 Å². The monoisotopic (exact) mass is 400 g/mol. The Labute approximate surface area is 92.9 Å². The van der Waals surface area contributed by atoms with Gasteiger partial charge in [-0.05, 0) is 17.7 Å². The van der Waals surface area contributed by atoms with Crippen LogP contribution >= 0.6 is 18.8 Å². The molecule has 13 heavy (non-hydrogen) atoms. The molecule has 0 saturated heterocycles. The molecule has 1 nitrogen and oxygen atoms in total. The number of hydrogen-bond donors (Lipinski definition) is 0. The summed E-state index contributed by atoms with van der Waals surface area (Å²) in [5.74, 6) is -0.284. The van der Waals surface area contributed by atoms with Crippen molar-refractivity contribution in [3.8, 4) is 6.07 Å². The first kappa shape index (κ1) is 12.9. The van der Waals surface area contributed by atoms with E-state index in [1.54, 1.807) is 12.1 Å². The number of halogens is 3. The van der Waals surface area contributed by atoms with Crippen LogP contribution in [0.5, 0.6) is 0 Å². The van der Waals surface area contributed by atoms with Crippen LogP contribution in [0.15, 0.2) is 24.3 Å². The van der Waals surface area contributed by atoms with Crippen molar-refractivity contribution in [2.75, 3.05) is 0 Å². The van der Waals surface area contributed by atoms with E-state index in [1.807, 2.05) is 6.07 Å². The third-order valence-corrected chi connectivity index (χ3v) is 1.17. The van der Waals surface area contributed by atoms with E-state index in [0.717, 1.165) is 5.56 Å². The van der Waals surface area contributed by atoms with Crippen molar-refractivity contribution < 1.29 is 20.9 Å². The van der Waals surface area contributed by atoms with Crippen molar-refractivity contribution in [2.45, 2.75) is 6.42 Å². The predicted molar refractivity (Wildman–Crippen MR) is 47.4 cm³/mol. The minimum absolute atomic E-state index is 0.276. The van der Waals surface area contributed by atoms with E-state index in [2.05, 4.69) is 0 Å². The van der Waals surface area contributed by atoms with Crippen molar-refractivity contribution in [3.63, 3.8) is 0 Å². The summed E-state index contributed by atoms with van der Waals surface area (Å²) in [7, 11) is 9.75. The normalized spacial score (nSPS) is 8.46. The fourth-order valence-corrected chi connectivity index (χ4v) is 0.738. The Kier molecular flexibility index (Phi) is 8.44. The van der Waals surface area contributed by atoms with E-state index in [-0.39, 0.29) is 12.2 Å². The average molecular weight is 401 g/mol. The molecule has 0 atom stereocenters. The van der Waals surface area contributed by atoms with Gasteiger partial charge in [-0.2, -0.15) is 5.26 Å². The summed E-state index contributed by atoms with van der Waals surface area (Å²) >= 11 is -0.472. The molecular weight excluding hydrogens is 395 g/mol. The van der Waals surface area contributed by atoms with Gasteiger partial charge in [0, 0.05) is 0 Å². The molecule has 5 heteroatoms. The SMILES string of the molecule is N#CCc1cccc(F)c1.[Cl][Pt][Cl]. The Hall–Kier alpha value is -0.0917. The number of rotatable bonds is 1. The molecule has 0 aliphatic rings. The molecule has 0 unspecified atom stereocenters. The number of nitriles is 1. The Balaban J connectivity index is 0.000000424. The Morgan fingerprint density at radius 3 is 2.54 bits per heavy atom. The maximum atomic E-state index is 12.4. The van der Waals surface area contributed by atoms with E-state index in [1.165, 1.54) is 12.1 Å². The van der Waals surface area contributed by atoms with Gasteiger partial charge >= 0.3 is 35.3 Å². The van der Waals surface area contributed by atoms with Gasteiger partial charge in [0.2, 0.25) is 0 Å². The number of nitrogens with zero attached hydrogens (tertiary/aromatic N) is 1. The van der Waals surface area contributed by atoms with E-state index in [0.29, 0.717) is 0 Å². The third-order valence-electron chi connectivity index (χ3n) is 1.17. The molecule has 74 valence electrons. The summed E-state index contributed by atoms with van der Waals surface area (Å²) in [6.45, 7) is 0. The van der Waals surface area contributed by atoms with Crippen LogP contribution in [-0.2, 0) is 22.9 Å². The van der Waals surface area contributed by atoms with E-state index >= 15 is 0 Å². The molecule has 1 rings (SSSR count). The van der Waals surface area contributed by atoms with Crippen molar-refractivity contribution >= 4 is 18.8 Å². The topological polar surface area (TPSA) is 23.8 Å². The fourth-order valence-electron chi connectivity index (χ4n) is 0.738. The van der Waals surface area contributed by atoms with Gasteiger partial charge in [-0.15, -0.1) is 0 Å². The Morgan fingerprint density at radius 2 is 2.08 bits per heavy atom. The first-order valence-corrected chi connectivity index (χ1v) is 8.81. The molecule has 0 amide bonds. The minimum atomic E-state index is -0.472. The van der Waals surface area contributed by atoms with Gasteiger partial charge < -0.3 is 0 Å². The zero-order valence-electron chi connectivity index (χ0n) is 6.41. The summed E-state index contributed by atoms with van der Waals surface area (Å²) in [6.07, 6.45) is 0.276. The Bertz CT molecular complexity index is 288. The zero-order valence-corrected chi connectivity index (χ0v) is 10.2. The number of hydrogen-bond acceptors (Lipinski definition) is 1. The molecule has 0 bridgehead atoms. The molecule has 0 aliphatic carbocycles. The van der Waals surface area contributed by atoms with Gasteiger partial charge in [0.1, 0.15) is 5.82 Å². The van der Waals surface area contributed by atoms with E-state index in [4.69, 9.17) is 24.1 Å². The van der Waals surface area contributed by atoms with E-state index in [9.17, 15) is 4.39 Å². The molecule has 0 aliphatic heterocycles. The quantitative estimate of drug-likeness (QED) is 0.709. The van der Waals surface area contributed by atoms with Crippen LogP contribution in [0.25, 0.3) is 0 Å². The van der Waals surface area contributed by atoms with Crippen molar-refractivity contribution in [3.05, 3.63) is 35.6 Å². The zero-order chi connectivity index (χ0) is 10.1. The predicted octanol–water partition coefficient (Wildman–Crippen LogP) is 3.27. The van der Waals surface area contributed by atoms with Gasteiger partial charge in [0.25, 0.3) is 0 Å².